The van der Waals surface area contributed by atoms with E-state index in [0.29, 0.717) is 0 Å². The molecule has 1 heterocycles. The number of hydrogen-bond donors (Lipinski definition) is 0. The van der Waals surface area contributed by atoms with Crippen molar-refractivity contribution in [1.82, 2.24) is 4.90 Å². The molecule has 1 aliphatic heterocycles. The van der Waals surface area contributed by atoms with Crippen molar-refractivity contribution in [2.45, 2.75) is 57.7 Å². The van der Waals surface area contributed by atoms with Gasteiger partial charge in [0.2, 0.25) is 0 Å². The molecule has 0 radical (unpaired) electrons. The average Bonchev–Trinajstić information content (AvgIpc) is 2.85. The summed E-state index contributed by atoms with van der Waals surface area (Å²) in [5.41, 5.74) is -1.75. The van der Waals surface area contributed by atoms with Crippen molar-refractivity contribution in [1.29, 1.82) is 5.26 Å². The number of halogens is 3. The van der Waals surface area contributed by atoms with Gasteiger partial charge < -0.3 is 14.4 Å². The summed E-state index contributed by atoms with van der Waals surface area (Å²) >= 11 is 0. The minimum absolute atomic E-state index is 0.0742. The first-order valence-electron chi connectivity index (χ1n) is 12.5. The Morgan fingerprint density at radius 2 is 1.66 bits per heavy atom. The van der Waals surface area contributed by atoms with Gasteiger partial charge in [0.25, 0.3) is 11.5 Å². The molecule has 0 aliphatic carbocycles. The zero-order chi connectivity index (χ0) is 28.1. The van der Waals surface area contributed by atoms with E-state index in [-0.39, 0.29) is 44.5 Å². The number of methoxy groups -OCH3 is 1. The van der Waals surface area contributed by atoms with Crippen molar-refractivity contribution in [3.8, 4) is 6.07 Å². The zero-order valence-corrected chi connectivity index (χ0v) is 22.1. The lowest BCUT2D eigenvalue weighted by molar-refractivity contribution is -0.271. The second-order valence-corrected chi connectivity index (χ2v) is 9.87. The largest absolute Gasteiger partial charge is 0.466 e. The minimum atomic E-state index is -5.02. The molecule has 2 atom stereocenters. The van der Waals surface area contributed by atoms with Gasteiger partial charge in [-0.05, 0) is 39.2 Å². The van der Waals surface area contributed by atoms with Gasteiger partial charge in [-0.25, -0.2) is 0 Å². The lowest BCUT2D eigenvalue weighted by atomic mass is 9.64. The van der Waals surface area contributed by atoms with E-state index in [1.54, 1.807) is 13.0 Å². The molecule has 1 unspecified atom stereocenters. The van der Waals surface area contributed by atoms with E-state index >= 15 is 0 Å². The van der Waals surface area contributed by atoms with Crippen LogP contribution in [0, 0.1) is 30.6 Å². The highest BCUT2D eigenvalue weighted by atomic mass is 19.4. The summed E-state index contributed by atoms with van der Waals surface area (Å²) in [6, 6.07) is 14.9. The fourth-order valence-corrected chi connectivity index (χ4v) is 5.59. The van der Waals surface area contributed by atoms with Crippen molar-refractivity contribution in [2.75, 3.05) is 26.8 Å². The molecule has 1 fully saturated rings. The van der Waals surface area contributed by atoms with Crippen molar-refractivity contribution in [2.24, 2.45) is 5.41 Å². The van der Waals surface area contributed by atoms with Gasteiger partial charge in [-0.2, -0.15) is 18.4 Å². The van der Waals surface area contributed by atoms with E-state index in [9.17, 15) is 28.0 Å². The average molecular weight is 531 g/mol. The highest BCUT2D eigenvalue weighted by Crippen LogP contribution is 2.49. The highest BCUT2D eigenvalue weighted by Gasteiger charge is 2.64. The molecule has 2 aromatic rings. The summed E-state index contributed by atoms with van der Waals surface area (Å²) in [6.07, 6.45) is -4.81. The van der Waals surface area contributed by atoms with E-state index in [2.05, 4.69) is 6.07 Å². The summed E-state index contributed by atoms with van der Waals surface area (Å²) in [7, 11) is 0.874. The normalized spacial score (nSPS) is 17.7. The molecule has 0 saturated carbocycles. The SMILES string of the molecule is CCOC(=O)CC1(C(C#N)c2cc(C)cc(C)c2)CCN(C(=O)[C@](OC)(c2ccccc2)C(F)(F)F)CC1. The van der Waals surface area contributed by atoms with Gasteiger partial charge in [0.05, 0.1) is 25.0 Å². The Labute approximate surface area is 221 Å². The minimum Gasteiger partial charge on any atom is -0.466 e. The molecular formula is C29H33F3N2O4. The summed E-state index contributed by atoms with van der Waals surface area (Å²) in [5, 5.41) is 10.3. The molecule has 0 spiro atoms. The zero-order valence-electron chi connectivity index (χ0n) is 22.1. The van der Waals surface area contributed by atoms with Gasteiger partial charge in [0.1, 0.15) is 0 Å². The fourth-order valence-electron chi connectivity index (χ4n) is 5.59. The number of carbonyl (C=O) groups is 2. The molecule has 1 aliphatic rings. The first kappa shape index (κ1) is 29.2. The molecule has 1 saturated heterocycles. The third kappa shape index (κ3) is 5.56. The van der Waals surface area contributed by atoms with E-state index in [1.807, 2.05) is 32.0 Å². The number of piperidine rings is 1. The predicted octanol–water partition coefficient (Wildman–Crippen LogP) is 5.58. The lowest BCUT2D eigenvalue weighted by Crippen LogP contribution is -2.59. The third-order valence-corrected chi connectivity index (χ3v) is 7.35. The first-order valence-corrected chi connectivity index (χ1v) is 12.5. The van der Waals surface area contributed by atoms with Crippen LogP contribution in [0.3, 0.4) is 0 Å². The number of nitriles is 1. The molecule has 0 bridgehead atoms. The molecule has 0 N–H and O–H groups in total. The number of esters is 1. The molecule has 2 aromatic carbocycles. The number of carbonyl (C=O) groups excluding carboxylic acids is 2. The Bertz CT molecular complexity index is 1160. The molecule has 3 rings (SSSR count). The molecular weight excluding hydrogens is 497 g/mol. The van der Waals surface area contributed by atoms with Gasteiger partial charge >= 0.3 is 12.1 Å². The van der Waals surface area contributed by atoms with E-state index in [0.717, 1.165) is 28.7 Å². The number of alkyl halides is 3. The lowest BCUT2D eigenvalue weighted by Gasteiger charge is -2.46. The number of likely N-dealkylation sites (tertiary alicyclic amines) is 1. The van der Waals surface area contributed by atoms with Crippen molar-refractivity contribution >= 4 is 11.9 Å². The van der Waals surface area contributed by atoms with Crippen LogP contribution in [0.15, 0.2) is 48.5 Å². The maximum absolute atomic E-state index is 14.5. The highest BCUT2D eigenvalue weighted by molar-refractivity contribution is 5.88. The van der Waals surface area contributed by atoms with Gasteiger partial charge in [-0.1, -0.05) is 59.7 Å². The van der Waals surface area contributed by atoms with Crippen LogP contribution in [-0.2, 0) is 24.7 Å². The molecule has 204 valence electrons. The van der Waals surface area contributed by atoms with Gasteiger partial charge in [0, 0.05) is 31.2 Å². The summed E-state index contributed by atoms with van der Waals surface area (Å²) in [5.74, 6) is -2.42. The summed E-state index contributed by atoms with van der Waals surface area (Å²) in [4.78, 5) is 27.3. The smallest absolute Gasteiger partial charge is 0.430 e. The van der Waals surface area contributed by atoms with Crippen LogP contribution in [0.5, 0.6) is 0 Å². The fraction of sp³-hybridized carbons (Fsp3) is 0.483. The van der Waals surface area contributed by atoms with Crippen LogP contribution in [-0.4, -0.2) is 49.8 Å². The molecule has 9 heteroatoms. The van der Waals surface area contributed by atoms with Gasteiger partial charge in [-0.3, -0.25) is 9.59 Å². The Hall–Kier alpha value is -3.38. The second-order valence-electron chi connectivity index (χ2n) is 9.87. The van der Waals surface area contributed by atoms with Crippen LogP contribution in [0.1, 0.15) is 54.4 Å². The molecule has 6 nitrogen and oxygen atoms in total. The van der Waals surface area contributed by atoms with Gasteiger partial charge in [0.15, 0.2) is 0 Å². The summed E-state index contributed by atoms with van der Waals surface area (Å²) in [6.45, 7) is 5.52. The Kier molecular flexibility index (Phi) is 8.88. The quantitative estimate of drug-likeness (QED) is 0.417. The number of ether oxygens (including phenoxy) is 2. The number of hydrogen-bond acceptors (Lipinski definition) is 5. The Morgan fingerprint density at radius 3 is 2.13 bits per heavy atom. The van der Waals surface area contributed by atoms with Crippen LogP contribution >= 0.6 is 0 Å². The molecule has 0 aromatic heterocycles. The van der Waals surface area contributed by atoms with Crippen LogP contribution in [0.2, 0.25) is 0 Å². The van der Waals surface area contributed by atoms with Gasteiger partial charge in [-0.15, -0.1) is 0 Å². The second kappa shape index (κ2) is 11.6. The Morgan fingerprint density at radius 1 is 1.08 bits per heavy atom. The molecule has 1 amide bonds. The summed E-state index contributed by atoms with van der Waals surface area (Å²) < 4.78 is 53.6. The number of amides is 1. The van der Waals surface area contributed by atoms with Crippen molar-refractivity contribution in [3.63, 3.8) is 0 Å². The van der Waals surface area contributed by atoms with E-state index in [4.69, 9.17) is 9.47 Å². The van der Waals surface area contributed by atoms with Crippen molar-refractivity contribution in [3.05, 3.63) is 70.8 Å². The van der Waals surface area contributed by atoms with Crippen molar-refractivity contribution < 1.29 is 32.2 Å². The molecule has 38 heavy (non-hydrogen) atoms. The maximum Gasteiger partial charge on any atom is 0.430 e. The number of benzene rings is 2. The van der Waals surface area contributed by atoms with Crippen LogP contribution in [0.4, 0.5) is 13.2 Å². The standard InChI is InChI=1S/C29H33F3N2O4/c1-5-38-25(35)18-27(24(19-33)22-16-20(2)15-21(3)17-22)11-13-34(14-12-27)26(36)28(37-4,29(30,31)32)23-9-7-6-8-10-23/h6-10,15-17,24H,5,11-14,18H2,1-4H3/t24?,28-/m1/s1. The number of nitrogens with zero attached hydrogens (tertiary/aromatic N) is 2. The van der Waals surface area contributed by atoms with E-state index in [1.165, 1.54) is 24.3 Å². The maximum atomic E-state index is 14.5. The first-order chi connectivity index (χ1) is 17.9. The Balaban J connectivity index is 1.99. The monoisotopic (exact) mass is 530 g/mol. The topological polar surface area (TPSA) is 79.6 Å². The third-order valence-electron chi connectivity index (χ3n) is 7.35. The predicted molar refractivity (Wildman–Crippen MR) is 135 cm³/mol. The number of rotatable bonds is 8. The van der Waals surface area contributed by atoms with Crippen LogP contribution < -0.4 is 0 Å². The van der Waals surface area contributed by atoms with E-state index < -0.39 is 35.0 Å². The van der Waals surface area contributed by atoms with Crippen LogP contribution in [0.25, 0.3) is 0 Å². The number of aryl methyl sites for hydroxylation is 2.